The van der Waals surface area contributed by atoms with Crippen molar-refractivity contribution in [1.82, 2.24) is 10.2 Å². The van der Waals surface area contributed by atoms with E-state index >= 15 is 0 Å². The van der Waals surface area contributed by atoms with Gasteiger partial charge in [0, 0.05) is 36.5 Å². The second-order valence-electron chi connectivity index (χ2n) is 6.43. The van der Waals surface area contributed by atoms with Gasteiger partial charge in [0.1, 0.15) is 0 Å². The molecule has 0 aromatic rings. The number of nitrogens with zero attached hydrogens (tertiary/aromatic N) is 1. The SMILES string of the molecule is CCSC1CCC(N2CCNC3(CCCC3)C2)C1. The van der Waals surface area contributed by atoms with Crippen LogP contribution in [0, 0.1) is 0 Å². The number of piperazine rings is 1. The first-order valence-corrected chi connectivity index (χ1v) is 8.97. The summed E-state index contributed by atoms with van der Waals surface area (Å²) in [6, 6.07) is 0.897. The van der Waals surface area contributed by atoms with Crippen LogP contribution in [0.25, 0.3) is 0 Å². The van der Waals surface area contributed by atoms with Crippen LogP contribution in [0.5, 0.6) is 0 Å². The van der Waals surface area contributed by atoms with Crippen LogP contribution in [-0.2, 0) is 0 Å². The zero-order valence-electron chi connectivity index (χ0n) is 11.8. The van der Waals surface area contributed by atoms with Crippen LogP contribution in [0.3, 0.4) is 0 Å². The Morgan fingerprint density at radius 1 is 1.28 bits per heavy atom. The maximum absolute atomic E-state index is 3.84. The van der Waals surface area contributed by atoms with Crippen LogP contribution in [0.2, 0.25) is 0 Å². The molecule has 0 amide bonds. The molecule has 1 N–H and O–H groups in total. The van der Waals surface area contributed by atoms with Crippen molar-refractivity contribution in [2.45, 2.75) is 68.7 Å². The Morgan fingerprint density at radius 2 is 2.11 bits per heavy atom. The lowest BCUT2D eigenvalue weighted by atomic mass is 9.93. The molecule has 0 bridgehead atoms. The van der Waals surface area contributed by atoms with Crippen LogP contribution in [0.1, 0.15) is 51.9 Å². The highest BCUT2D eigenvalue weighted by atomic mass is 32.2. The molecule has 3 heteroatoms. The van der Waals surface area contributed by atoms with Crippen molar-refractivity contribution in [2.75, 3.05) is 25.4 Å². The summed E-state index contributed by atoms with van der Waals surface area (Å²) in [4.78, 5) is 2.83. The maximum Gasteiger partial charge on any atom is 0.0309 e. The maximum atomic E-state index is 3.84. The summed E-state index contributed by atoms with van der Waals surface area (Å²) in [5, 5.41) is 4.79. The molecule has 2 atom stereocenters. The first-order valence-electron chi connectivity index (χ1n) is 7.92. The van der Waals surface area contributed by atoms with Gasteiger partial charge in [-0.25, -0.2) is 0 Å². The van der Waals surface area contributed by atoms with Crippen molar-refractivity contribution < 1.29 is 0 Å². The number of hydrogen-bond donors (Lipinski definition) is 1. The third-order valence-electron chi connectivity index (χ3n) is 5.24. The fourth-order valence-electron chi connectivity index (χ4n) is 4.32. The van der Waals surface area contributed by atoms with Gasteiger partial charge in [0.15, 0.2) is 0 Å². The molecule has 104 valence electrons. The summed E-state index contributed by atoms with van der Waals surface area (Å²) in [5.74, 6) is 1.29. The molecule has 0 aromatic carbocycles. The summed E-state index contributed by atoms with van der Waals surface area (Å²) in [5.41, 5.74) is 0.508. The van der Waals surface area contributed by atoms with Gasteiger partial charge in [-0.05, 0) is 37.9 Å². The molecule has 1 heterocycles. The van der Waals surface area contributed by atoms with Crippen molar-refractivity contribution in [2.24, 2.45) is 0 Å². The lowest BCUT2D eigenvalue weighted by Crippen LogP contribution is -2.60. The second-order valence-corrected chi connectivity index (χ2v) is 8.01. The summed E-state index contributed by atoms with van der Waals surface area (Å²) < 4.78 is 0. The standard InChI is InChI=1S/C15H28N2S/c1-2-18-14-6-5-13(11-14)17-10-9-16-15(12-17)7-3-4-8-15/h13-14,16H,2-12H2,1H3. The Balaban J connectivity index is 1.56. The van der Waals surface area contributed by atoms with E-state index in [9.17, 15) is 0 Å². The van der Waals surface area contributed by atoms with Gasteiger partial charge in [-0.2, -0.15) is 11.8 Å². The molecule has 2 unspecified atom stereocenters. The first-order chi connectivity index (χ1) is 8.81. The minimum Gasteiger partial charge on any atom is -0.309 e. The summed E-state index contributed by atoms with van der Waals surface area (Å²) in [6.45, 7) is 6.15. The molecule has 0 aromatic heterocycles. The van der Waals surface area contributed by atoms with E-state index in [4.69, 9.17) is 0 Å². The average molecular weight is 268 g/mol. The van der Waals surface area contributed by atoms with Gasteiger partial charge >= 0.3 is 0 Å². The Labute approximate surface area is 116 Å². The van der Waals surface area contributed by atoms with E-state index < -0.39 is 0 Å². The molecule has 2 aliphatic carbocycles. The fourth-order valence-corrected chi connectivity index (χ4v) is 5.46. The lowest BCUT2D eigenvalue weighted by molar-refractivity contribution is 0.0960. The molecular formula is C15H28N2S. The molecule has 18 heavy (non-hydrogen) atoms. The van der Waals surface area contributed by atoms with Crippen LogP contribution >= 0.6 is 11.8 Å². The monoisotopic (exact) mass is 268 g/mol. The Bertz CT molecular complexity index is 276. The van der Waals surface area contributed by atoms with E-state index in [1.807, 2.05) is 0 Å². The zero-order chi connectivity index (χ0) is 12.4. The summed E-state index contributed by atoms with van der Waals surface area (Å²) in [6.07, 6.45) is 10.1. The number of thioether (sulfide) groups is 1. The predicted molar refractivity (Wildman–Crippen MR) is 80.3 cm³/mol. The lowest BCUT2D eigenvalue weighted by Gasteiger charge is -2.44. The van der Waals surface area contributed by atoms with Crippen molar-refractivity contribution in [3.63, 3.8) is 0 Å². The minimum absolute atomic E-state index is 0.508. The zero-order valence-corrected chi connectivity index (χ0v) is 12.6. The largest absolute Gasteiger partial charge is 0.309 e. The van der Waals surface area contributed by atoms with Gasteiger partial charge in [0.25, 0.3) is 0 Å². The van der Waals surface area contributed by atoms with E-state index in [1.54, 1.807) is 0 Å². The van der Waals surface area contributed by atoms with Crippen molar-refractivity contribution in [3.8, 4) is 0 Å². The van der Waals surface area contributed by atoms with Crippen molar-refractivity contribution in [1.29, 1.82) is 0 Å². The molecule has 2 nitrogen and oxygen atoms in total. The van der Waals surface area contributed by atoms with Gasteiger partial charge in [-0.3, -0.25) is 4.90 Å². The summed E-state index contributed by atoms with van der Waals surface area (Å²) >= 11 is 2.19. The van der Waals surface area contributed by atoms with Crippen molar-refractivity contribution >= 4 is 11.8 Å². The molecular weight excluding hydrogens is 240 g/mol. The van der Waals surface area contributed by atoms with Gasteiger partial charge in [-0.1, -0.05) is 19.8 Å². The van der Waals surface area contributed by atoms with Crippen LogP contribution < -0.4 is 5.32 Å². The average Bonchev–Trinajstić information content (AvgIpc) is 3.00. The fraction of sp³-hybridized carbons (Fsp3) is 1.00. The van der Waals surface area contributed by atoms with Crippen molar-refractivity contribution in [3.05, 3.63) is 0 Å². The highest BCUT2D eigenvalue weighted by molar-refractivity contribution is 7.99. The summed E-state index contributed by atoms with van der Waals surface area (Å²) in [7, 11) is 0. The van der Waals surface area contributed by atoms with E-state index in [0.717, 1.165) is 11.3 Å². The molecule has 3 aliphatic rings. The van der Waals surface area contributed by atoms with Gasteiger partial charge < -0.3 is 5.32 Å². The minimum atomic E-state index is 0.508. The van der Waals surface area contributed by atoms with E-state index in [1.165, 1.54) is 70.3 Å². The van der Waals surface area contributed by atoms with E-state index in [0.29, 0.717) is 5.54 Å². The third kappa shape index (κ3) is 2.73. The quantitative estimate of drug-likeness (QED) is 0.847. The molecule has 3 fully saturated rings. The Kier molecular flexibility index (Phi) is 4.21. The van der Waals surface area contributed by atoms with E-state index in [2.05, 4.69) is 28.9 Å². The van der Waals surface area contributed by atoms with E-state index in [-0.39, 0.29) is 0 Å². The van der Waals surface area contributed by atoms with Crippen LogP contribution in [-0.4, -0.2) is 47.1 Å². The highest BCUT2D eigenvalue weighted by Crippen LogP contribution is 2.37. The van der Waals surface area contributed by atoms with Gasteiger partial charge in [0.05, 0.1) is 0 Å². The first kappa shape index (κ1) is 13.3. The molecule has 0 radical (unpaired) electrons. The predicted octanol–water partition coefficient (Wildman–Crippen LogP) is 2.88. The van der Waals surface area contributed by atoms with Gasteiger partial charge in [-0.15, -0.1) is 0 Å². The second kappa shape index (κ2) is 5.72. The third-order valence-corrected chi connectivity index (χ3v) is 6.47. The van der Waals surface area contributed by atoms with Gasteiger partial charge in [0.2, 0.25) is 0 Å². The number of nitrogens with one attached hydrogen (secondary N) is 1. The molecule has 2 saturated carbocycles. The Hall–Kier alpha value is 0.270. The topological polar surface area (TPSA) is 15.3 Å². The Morgan fingerprint density at radius 3 is 2.89 bits per heavy atom. The molecule has 3 rings (SSSR count). The highest BCUT2D eigenvalue weighted by Gasteiger charge is 2.40. The smallest absolute Gasteiger partial charge is 0.0309 e. The van der Waals surface area contributed by atoms with Crippen LogP contribution in [0.15, 0.2) is 0 Å². The number of hydrogen-bond acceptors (Lipinski definition) is 3. The molecule has 1 saturated heterocycles. The normalized spacial score (nSPS) is 36.5. The van der Waals surface area contributed by atoms with Crippen LogP contribution in [0.4, 0.5) is 0 Å². The molecule has 1 aliphatic heterocycles. The molecule has 1 spiro atoms. The number of rotatable bonds is 3.